The fourth-order valence-electron chi connectivity index (χ4n) is 2.74. The maximum Gasteiger partial charge on any atom is 0.130 e. The van der Waals surface area contributed by atoms with Crippen molar-refractivity contribution in [1.82, 2.24) is 0 Å². The Labute approximate surface area is 124 Å². The summed E-state index contributed by atoms with van der Waals surface area (Å²) in [6.45, 7) is 0.584. The topological polar surface area (TPSA) is 35.2 Å². The molecule has 0 bridgehead atoms. The molecule has 2 aromatic rings. The molecule has 0 saturated heterocycles. The lowest BCUT2D eigenvalue weighted by Crippen LogP contribution is -2.04. The van der Waals surface area contributed by atoms with Gasteiger partial charge in [-0.15, -0.1) is 0 Å². The summed E-state index contributed by atoms with van der Waals surface area (Å²) in [6.07, 6.45) is 4.36. The maximum atomic E-state index is 6.04. The average Bonchev–Trinajstić information content (AvgIpc) is 2.89. The normalized spacial score (nSPS) is 13.3. The molecule has 0 unspecified atom stereocenters. The number of hydrogen-bond acceptors (Lipinski definition) is 2. The zero-order chi connectivity index (χ0) is 13.9. The van der Waals surface area contributed by atoms with Gasteiger partial charge in [-0.2, -0.15) is 0 Å². The van der Waals surface area contributed by atoms with Gasteiger partial charge in [-0.1, -0.05) is 17.7 Å². The summed E-state index contributed by atoms with van der Waals surface area (Å²) in [5, 5.41) is 0.717. The summed E-state index contributed by atoms with van der Waals surface area (Å²) in [6, 6.07) is 12.1. The van der Waals surface area contributed by atoms with Crippen molar-refractivity contribution in [3.63, 3.8) is 0 Å². The monoisotopic (exact) mass is 287 g/mol. The van der Waals surface area contributed by atoms with Crippen LogP contribution in [0.15, 0.2) is 36.4 Å². The molecule has 0 aromatic heterocycles. The molecule has 104 valence electrons. The van der Waals surface area contributed by atoms with Crippen molar-refractivity contribution in [3.8, 4) is 11.5 Å². The lowest BCUT2D eigenvalue weighted by Gasteiger charge is -2.12. The number of halogens is 1. The quantitative estimate of drug-likeness (QED) is 0.918. The highest BCUT2D eigenvalue weighted by Crippen LogP contribution is 2.31. The van der Waals surface area contributed by atoms with E-state index in [-0.39, 0.29) is 0 Å². The van der Waals surface area contributed by atoms with Crippen LogP contribution in [0.2, 0.25) is 5.02 Å². The van der Waals surface area contributed by atoms with Gasteiger partial charge in [-0.25, -0.2) is 0 Å². The first-order chi connectivity index (χ1) is 9.76. The summed E-state index contributed by atoms with van der Waals surface area (Å²) in [7, 11) is 0. The van der Waals surface area contributed by atoms with Crippen LogP contribution < -0.4 is 10.5 Å². The Morgan fingerprint density at radius 1 is 1.05 bits per heavy atom. The van der Waals surface area contributed by atoms with E-state index < -0.39 is 0 Å². The zero-order valence-corrected chi connectivity index (χ0v) is 12.1. The van der Waals surface area contributed by atoms with E-state index >= 15 is 0 Å². The van der Waals surface area contributed by atoms with Crippen LogP contribution in [-0.4, -0.2) is 6.54 Å². The van der Waals surface area contributed by atoms with E-state index in [2.05, 4.69) is 12.1 Å². The average molecular weight is 288 g/mol. The second-order valence-electron chi connectivity index (χ2n) is 5.18. The highest BCUT2D eigenvalue weighted by Gasteiger charge is 2.12. The van der Waals surface area contributed by atoms with Gasteiger partial charge in [0.1, 0.15) is 11.5 Å². The third-order valence-electron chi connectivity index (χ3n) is 3.73. The number of nitrogens with two attached hydrogens (primary N) is 1. The second-order valence-corrected chi connectivity index (χ2v) is 5.61. The second kappa shape index (κ2) is 5.86. The summed E-state index contributed by atoms with van der Waals surface area (Å²) in [4.78, 5) is 0. The molecule has 2 nitrogen and oxygen atoms in total. The minimum Gasteiger partial charge on any atom is -0.457 e. The van der Waals surface area contributed by atoms with Crippen LogP contribution >= 0.6 is 11.6 Å². The molecule has 2 aromatic carbocycles. The minimum atomic E-state index is 0.584. The Balaban J connectivity index is 1.87. The van der Waals surface area contributed by atoms with Gasteiger partial charge in [0, 0.05) is 5.02 Å². The van der Waals surface area contributed by atoms with Crippen LogP contribution in [0.3, 0.4) is 0 Å². The Morgan fingerprint density at radius 3 is 2.75 bits per heavy atom. The SMILES string of the molecule is NCCc1cc(Cl)ccc1Oc1ccc2c(c1)CCC2. The van der Waals surface area contributed by atoms with Crippen LogP contribution in [0.25, 0.3) is 0 Å². The first-order valence-electron chi connectivity index (χ1n) is 7.04. The number of aryl methyl sites for hydroxylation is 2. The highest BCUT2D eigenvalue weighted by molar-refractivity contribution is 6.30. The fraction of sp³-hybridized carbons (Fsp3) is 0.294. The lowest BCUT2D eigenvalue weighted by molar-refractivity contribution is 0.475. The van der Waals surface area contributed by atoms with Crippen LogP contribution in [0.1, 0.15) is 23.1 Å². The third kappa shape index (κ3) is 2.82. The van der Waals surface area contributed by atoms with Crippen molar-refractivity contribution in [3.05, 3.63) is 58.1 Å². The zero-order valence-electron chi connectivity index (χ0n) is 11.4. The first kappa shape index (κ1) is 13.5. The van der Waals surface area contributed by atoms with Gasteiger partial charge < -0.3 is 10.5 Å². The van der Waals surface area contributed by atoms with Crippen molar-refractivity contribution in [2.24, 2.45) is 5.73 Å². The van der Waals surface area contributed by atoms with Crippen molar-refractivity contribution in [2.45, 2.75) is 25.7 Å². The number of fused-ring (bicyclic) bond motifs is 1. The van der Waals surface area contributed by atoms with Gasteiger partial charge in [0.05, 0.1) is 0 Å². The van der Waals surface area contributed by atoms with Crippen LogP contribution in [0, 0.1) is 0 Å². The molecule has 1 aliphatic rings. The van der Waals surface area contributed by atoms with Crippen molar-refractivity contribution < 1.29 is 4.74 Å². The van der Waals surface area contributed by atoms with Gasteiger partial charge >= 0.3 is 0 Å². The Morgan fingerprint density at radius 2 is 1.90 bits per heavy atom. The Bertz CT molecular complexity index is 624. The number of ether oxygens (including phenoxy) is 1. The van der Waals surface area contributed by atoms with Gasteiger partial charge in [0.25, 0.3) is 0 Å². The van der Waals surface area contributed by atoms with Gasteiger partial charge in [-0.05, 0) is 79.3 Å². The number of rotatable bonds is 4. The fourth-order valence-corrected chi connectivity index (χ4v) is 2.93. The molecule has 3 rings (SSSR count). The largest absolute Gasteiger partial charge is 0.457 e. The number of benzene rings is 2. The predicted octanol–water partition coefficient (Wildman–Crippen LogP) is 4.12. The summed E-state index contributed by atoms with van der Waals surface area (Å²) in [5.74, 6) is 1.74. The molecule has 0 amide bonds. The molecular weight excluding hydrogens is 270 g/mol. The van der Waals surface area contributed by atoms with E-state index in [4.69, 9.17) is 22.1 Å². The molecule has 3 heteroatoms. The highest BCUT2D eigenvalue weighted by atomic mass is 35.5. The van der Waals surface area contributed by atoms with Crippen molar-refractivity contribution >= 4 is 11.6 Å². The minimum absolute atomic E-state index is 0.584. The summed E-state index contributed by atoms with van der Waals surface area (Å²) in [5.41, 5.74) is 9.57. The molecule has 0 fully saturated rings. The molecule has 0 aliphatic heterocycles. The van der Waals surface area contributed by atoms with Crippen LogP contribution in [-0.2, 0) is 19.3 Å². The van der Waals surface area contributed by atoms with E-state index in [1.807, 2.05) is 24.3 Å². The third-order valence-corrected chi connectivity index (χ3v) is 3.97. The predicted molar refractivity (Wildman–Crippen MR) is 82.8 cm³/mol. The summed E-state index contributed by atoms with van der Waals surface area (Å²) < 4.78 is 6.03. The molecular formula is C17H18ClNO. The van der Waals surface area contributed by atoms with Crippen molar-refractivity contribution in [1.29, 1.82) is 0 Å². The Hall–Kier alpha value is -1.51. The molecule has 0 saturated carbocycles. The van der Waals surface area contributed by atoms with Crippen molar-refractivity contribution in [2.75, 3.05) is 6.54 Å². The van der Waals surface area contributed by atoms with Gasteiger partial charge in [0.2, 0.25) is 0 Å². The van der Waals surface area contributed by atoms with Gasteiger partial charge in [0.15, 0.2) is 0 Å². The van der Waals surface area contributed by atoms with E-state index in [9.17, 15) is 0 Å². The molecule has 1 aliphatic carbocycles. The van der Waals surface area contributed by atoms with E-state index in [0.29, 0.717) is 6.54 Å². The Kier molecular flexibility index (Phi) is 3.95. The summed E-state index contributed by atoms with van der Waals surface area (Å²) >= 11 is 6.04. The first-order valence-corrected chi connectivity index (χ1v) is 7.42. The van der Waals surface area contributed by atoms with E-state index in [0.717, 1.165) is 34.9 Å². The molecule has 0 spiro atoms. The lowest BCUT2D eigenvalue weighted by atomic mass is 10.1. The van der Waals surface area contributed by atoms with E-state index in [1.54, 1.807) is 0 Å². The standard InChI is InChI=1S/C17H18ClNO/c18-15-5-7-17(14(10-15)8-9-19)20-16-6-4-12-2-1-3-13(12)11-16/h4-7,10-11H,1-3,8-9,19H2. The molecule has 0 radical (unpaired) electrons. The molecule has 0 atom stereocenters. The number of hydrogen-bond donors (Lipinski definition) is 1. The van der Waals surface area contributed by atoms with Crippen LogP contribution in [0.5, 0.6) is 11.5 Å². The maximum absolute atomic E-state index is 6.04. The van der Waals surface area contributed by atoms with E-state index in [1.165, 1.54) is 24.0 Å². The molecule has 20 heavy (non-hydrogen) atoms. The van der Waals surface area contributed by atoms with Gasteiger partial charge in [-0.3, -0.25) is 0 Å². The molecule has 2 N–H and O–H groups in total. The smallest absolute Gasteiger partial charge is 0.130 e. The van der Waals surface area contributed by atoms with Crippen LogP contribution in [0.4, 0.5) is 0 Å². The molecule has 0 heterocycles.